The third kappa shape index (κ3) is 3.82. The van der Waals surface area contributed by atoms with Crippen molar-refractivity contribution in [3.8, 4) is 0 Å². The average molecular weight is 469 g/mol. The number of hydrogen-bond donors (Lipinski definition) is 0. The van der Waals surface area contributed by atoms with Crippen molar-refractivity contribution in [1.82, 2.24) is 4.90 Å². The lowest BCUT2D eigenvalue weighted by Gasteiger charge is -2.40. The van der Waals surface area contributed by atoms with Crippen molar-refractivity contribution in [2.45, 2.75) is 57.0 Å². The molecule has 6 rings (SSSR count). The van der Waals surface area contributed by atoms with Gasteiger partial charge in [-0.1, -0.05) is 61.5 Å². The molecule has 2 atom stereocenters. The maximum atomic E-state index is 13.6. The number of likely N-dealkylation sites (tertiary alicyclic amines) is 1. The first-order valence-corrected chi connectivity index (χ1v) is 13.0. The quantitative estimate of drug-likeness (QED) is 0.456. The summed E-state index contributed by atoms with van der Waals surface area (Å²) in [7, 11) is 0. The molecule has 0 spiro atoms. The molecule has 1 amide bonds. The van der Waals surface area contributed by atoms with Gasteiger partial charge in [-0.2, -0.15) is 0 Å². The van der Waals surface area contributed by atoms with E-state index < -0.39 is 5.92 Å². The Kier molecular flexibility index (Phi) is 5.81. The Hall–Kier alpha value is -3.18. The van der Waals surface area contributed by atoms with Gasteiger partial charge in [0.2, 0.25) is 5.91 Å². The minimum absolute atomic E-state index is 0.0520. The van der Waals surface area contributed by atoms with Crippen LogP contribution in [0.4, 0.5) is 5.69 Å². The SMILES string of the molecule is CCCOC(=O)CC1C(=O)N(C2CCN(C3Cc4cccc5cccc3c45)CC2)c2ccccc21. The standard InChI is InChI=1S/C30H32N2O3/c1-2-17-35-28(33)19-25-23-10-3-4-12-26(23)32(30(25)34)22-13-15-31(16-14-22)27-18-21-9-5-7-20-8-6-11-24(27)29(20)21/h3-12,22,25,27H,2,13-19H2,1H3. The fraction of sp³-hybridized carbons (Fsp3) is 0.400. The number of para-hydroxylation sites is 1. The van der Waals surface area contributed by atoms with Crippen LogP contribution in [0.3, 0.4) is 0 Å². The summed E-state index contributed by atoms with van der Waals surface area (Å²) in [5, 5.41) is 2.77. The lowest BCUT2D eigenvalue weighted by Crippen LogP contribution is -2.47. The highest BCUT2D eigenvalue weighted by Crippen LogP contribution is 2.44. The molecule has 0 bridgehead atoms. The van der Waals surface area contributed by atoms with Crippen LogP contribution >= 0.6 is 0 Å². The van der Waals surface area contributed by atoms with Crippen molar-refractivity contribution < 1.29 is 14.3 Å². The smallest absolute Gasteiger partial charge is 0.306 e. The fourth-order valence-electron chi connectivity index (χ4n) is 6.43. The van der Waals surface area contributed by atoms with Crippen molar-refractivity contribution in [1.29, 1.82) is 0 Å². The molecule has 2 aliphatic heterocycles. The van der Waals surface area contributed by atoms with Crippen LogP contribution in [0.25, 0.3) is 10.8 Å². The summed E-state index contributed by atoms with van der Waals surface area (Å²) in [5.74, 6) is -0.668. The number of rotatable bonds is 6. The zero-order valence-electron chi connectivity index (χ0n) is 20.3. The second-order valence-corrected chi connectivity index (χ2v) is 10.1. The first kappa shape index (κ1) is 22.3. The summed E-state index contributed by atoms with van der Waals surface area (Å²) < 4.78 is 5.30. The summed E-state index contributed by atoms with van der Waals surface area (Å²) >= 11 is 0. The van der Waals surface area contributed by atoms with Crippen LogP contribution in [0.5, 0.6) is 0 Å². The first-order chi connectivity index (χ1) is 17.2. The van der Waals surface area contributed by atoms with Gasteiger partial charge in [-0.3, -0.25) is 14.5 Å². The number of fused-ring (bicyclic) bond motifs is 1. The number of nitrogens with zero attached hydrogens (tertiary/aromatic N) is 2. The van der Waals surface area contributed by atoms with Crippen molar-refractivity contribution in [2.75, 3.05) is 24.6 Å². The van der Waals surface area contributed by atoms with Gasteiger partial charge >= 0.3 is 5.97 Å². The average Bonchev–Trinajstić information content (AvgIpc) is 3.40. The van der Waals surface area contributed by atoms with Gasteiger partial charge in [0.15, 0.2) is 0 Å². The Balaban J connectivity index is 1.18. The largest absolute Gasteiger partial charge is 0.466 e. The van der Waals surface area contributed by atoms with E-state index in [0.717, 1.165) is 50.0 Å². The molecule has 0 radical (unpaired) electrons. The van der Waals surface area contributed by atoms with Gasteiger partial charge in [0.1, 0.15) is 0 Å². The van der Waals surface area contributed by atoms with Crippen LogP contribution in [0, 0.1) is 0 Å². The monoisotopic (exact) mass is 468 g/mol. The number of ether oxygens (including phenoxy) is 1. The number of piperidine rings is 1. The van der Waals surface area contributed by atoms with Crippen LogP contribution < -0.4 is 4.90 Å². The van der Waals surface area contributed by atoms with E-state index in [2.05, 4.69) is 41.3 Å². The number of benzene rings is 3. The molecule has 0 saturated carbocycles. The van der Waals surface area contributed by atoms with Gasteiger partial charge in [0.05, 0.1) is 18.9 Å². The number of anilines is 1. The van der Waals surface area contributed by atoms with E-state index in [1.807, 2.05) is 36.1 Å². The maximum Gasteiger partial charge on any atom is 0.306 e. The Morgan fingerprint density at radius 3 is 2.51 bits per heavy atom. The molecule has 180 valence electrons. The summed E-state index contributed by atoms with van der Waals surface area (Å²) in [4.78, 5) is 30.5. The zero-order chi connectivity index (χ0) is 23.9. The van der Waals surface area contributed by atoms with Gasteiger partial charge in [0, 0.05) is 30.9 Å². The number of hydrogen-bond acceptors (Lipinski definition) is 4. The Morgan fingerprint density at radius 2 is 1.71 bits per heavy atom. The van der Waals surface area contributed by atoms with E-state index in [0.29, 0.717) is 12.6 Å². The zero-order valence-corrected chi connectivity index (χ0v) is 20.3. The van der Waals surface area contributed by atoms with E-state index in [1.165, 1.54) is 21.9 Å². The first-order valence-electron chi connectivity index (χ1n) is 13.0. The second-order valence-electron chi connectivity index (χ2n) is 10.1. The number of amides is 1. The molecule has 2 unspecified atom stereocenters. The molecule has 2 heterocycles. The third-order valence-electron chi connectivity index (χ3n) is 8.05. The highest BCUT2D eigenvalue weighted by molar-refractivity contribution is 6.07. The minimum Gasteiger partial charge on any atom is -0.466 e. The normalized spacial score (nSPS) is 22.1. The predicted molar refractivity (Wildman–Crippen MR) is 138 cm³/mol. The molecule has 5 heteroatoms. The van der Waals surface area contributed by atoms with Crippen LogP contribution in [0.2, 0.25) is 0 Å². The molecular formula is C30H32N2O3. The number of carbonyl (C=O) groups is 2. The minimum atomic E-state index is -0.435. The van der Waals surface area contributed by atoms with Crippen molar-refractivity contribution >= 4 is 28.3 Å². The second kappa shape index (κ2) is 9.12. The molecule has 1 aliphatic carbocycles. The van der Waals surface area contributed by atoms with Crippen LogP contribution in [-0.2, 0) is 20.7 Å². The summed E-state index contributed by atoms with van der Waals surface area (Å²) in [5.41, 5.74) is 4.84. The van der Waals surface area contributed by atoms with Crippen molar-refractivity contribution in [3.63, 3.8) is 0 Å². The van der Waals surface area contributed by atoms with E-state index in [9.17, 15) is 9.59 Å². The van der Waals surface area contributed by atoms with Crippen molar-refractivity contribution in [2.24, 2.45) is 0 Å². The maximum absolute atomic E-state index is 13.6. The number of carbonyl (C=O) groups excluding carboxylic acids is 2. The fourth-order valence-corrected chi connectivity index (χ4v) is 6.43. The highest BCUT2D eigenvalue weighted by atomic mass is 16.5. The molecular weight excluding hydrogens is 436 g/mol. The van der Waals surface area contributed by atoms with Crippen LogP contribution in [0.15, 0.2) is 60.7 Å². The van der Waals surface area contributed by atoms with Gasteiger partial charge in [-0.05, 0) is 59.2 Å². The van der Waals surface area contributed by atoms with Crippen molar-refractivity contribution in [3.05, 3.63) is 77.4 Å². The Morgan fingerprint density at radius 1 is 0.971 bits per heavy atom. The lowest BCUT2D eigenvalue weighted by molar-refractivity contribution is -0.145. The van der Waals surface area contributed by atoms with Gasteiger partial charge < -0.3 is 9.64 Å². The van der Waals surface area contributed by atoms with Gasteiger partial charge in [0.25, 0.3) is 0 Å². The Labute approximate surface area is 206 Å². The lowest BCUT2D eigenvalue weighted by atomic mass is 9.97. The molecule has 0 N–H and O–H groups in total. The number of esters is 1. The van der Waals surface area contributed by atoms with Gasteiger partial charge in [-0.15, -0.1) is 0 Å². The van der Waals surface area contributed by atoms with E-state index in [4.69, 9.17) is 4.74 Å². The molecule has 1 fully saturated rings. The van der Waals surface area contributed by atoms with Crippen LogP contribution in [0.1, 0.15) is 61.3 Å². The highest BCUT2D eigenvalue weighted by Gasteiger charge is 2.43. The summed E-state index contributed by atoms with van der Waals surface area (Å²) in [6, 6.07) is 21.9. The molecule has 3 aromatic carbocycles. The predicted octanol–water partition coefficient (Wildman–Crippen LogP) is 5.38. The van der Waals surface area contributed by atoms with E-state index in [-0.39, 0.29) is 24.3 Å². The third-order valence-corrected chi connectivity index (χ3v) is 8.05. The molecule has 0 aromatic heterocycles. The van der Waals surface area contributed by atoms with E-state index in [1.54, 1.807) is 0 Å². The molecule has 1 saturated heterocycles. The Bertz CT molecular complexity index is 1270. The summed E-state index contributed by atoms with van der Waals surface area (Å²) in [6.45, 7) is 4.31. The van der Waals surface area contributed by atoms with E-state index >= 15 is 0 Å². The van der Waals surface area contributed by atoms with Gasteiger partial charge in [-0.25, -0.2) is 0 Å². The topological polar surface area (TPSA) is 49.9 Å². The van der Waals surface area contributed by atoms with Crippen LogP contribution in [-0.4, -0.2) is 42.5 Å². The molecule has 5 nitrogen and oxygen atoms in total. The summed E-state index contributed by atoms with van der Waals surface area (Å²) in [6.07, 6.45) is 3.85. The molecule has 3 aromatic rings. The molecule has 3 aliphatic rings. The molecule has 35 heavy (non-hydrogen) atoms.